The van der Waals surface area contributed by atoms with Crippen LogP contribution >= 0.6 is 11.5 Å². The van der Waals surface area contributed by atoms with Gasteiger partial charge in [-0.2, -0.15) is 4.99 Å². The van der Waals surface area contributed by atoms with Crippen LogP contribution in [-0.2, 0) is 13.6 Å². The predicted octanol–water partition coefficient (Wildman–Crippen LogP) is 0.231. The molecule has 17 heavy (non-hydrogen) atoms. The number of hydrogen-bond donors (Lipinski definition) is 1. The van der Waals surface area contributed by atoms with Crippen LogP contribution in [0.1, 0.15) is 0 Å². The first-order valence-corrected chi connectivity index (χ1v) is 5.69. The van der Waals surface area contributed by atoms with Crippen LogP contribution in [-0.4, -0.2) is 21.1 Å². The number of hydrogen-bond acceptors (Lipinski definition) is 3. The van der Waals surface area contributed by atoms with Crippen molar-refractivity contribution in [1.82, 2.24) is 13.8 Å². The van der Waals surface area contributed by atoms with Gasteiger partial charge < -0.3 is 5.32 Å². The third-order valence-corrected chi connectivity index (χ3v) is 2.92. The lowest BCUT2D eigenvalue weighted by Gasteiger charge is -1.93. The highest BCUT2D eigenvalue weighted by Crippen LogP contribution is 1.86. The highest BCUT2D eigenvalue weighted by Gasteiger charge is 2.05. The van der Waals surface area contributed by atoms with Crippen LogP contribution in [0.4, 0.5) is 4.79 Å². The van der Waals surface area contributed by atoms with E-state index in [2.05, 4.69) is 23.5 Å². The number of aromatic nitrogens is 2. The van der Waals surface area contributed by atoms with Crippen molar-refractivity contribution < 1.29 is 4.79 Å². The molecule has 0 aromatic carbocycles. The zero-order chi connectivity index (χ0) is 12.8. The van der Waals surface area contributed by atoms with Crippen LogP contribution in [0, 0.1) is 0 Å². The number of amides is 2. The molecular formula is C10H14N4O2S. The van der Waals surface area contributed by atoms with Crippen molar-refractivity contribution in [2.75, 3.05) is 6.54 Å². The highest BCUT2D eigenvalue weighted by molar-refractivity contribution is 7.03. The summed E-state index contributed by atoms with van der Waals surface area (Å²) in [6.07, 6.45) is 3.16. The van der Waals surface area contributed by atoms with Gasteiger partial charge in [0, 0.05) is 13.6 Å². The van der Waals surface area contributed by atoms with Gasteiger partial charge in [-0.1, -0.05) is 12.2 Å². The molecule has 0 atom stereocenters. The summed E-state index contributed by atoms with van der Waals surface area (Å²) in [4.78, 5) is 27.1. The van der Waals surface area contributed by atoms with Crippen molar-refractivity contribution in [3.63, 3.8) is 0 Å². The Kier molecular flexibility index (Phi) is 4.65. The number of nitrogens with one attached hydrogen (secondary N) is 1. The van der Waals surface area contributed by atoms with Gasteiger partial charge >= 0.3 is 11.7 Å². The summed E-state index contributed by atoms with van der Waals surface area (Å²) in [5.74, 6) is 0. The predicted molar refractivity (Wildman–Crippen MR) is 66.9 cm³/mol. The maximum atomic E-state index is 11.7. The molecule has 1 aromatic heterocycles. The van der Waals surface area contributed by atoms with E-state index in [1.54, 1.807) is 19.2 Å². The van der Waals surface area contributed by atoms with E-state index in [0.29, 0.717) is 17.9 Å². The summed E-state index contributed by atoms with van der Waals surface area (Å²) in [5.41, 5.74) is -0.217. The topological polar surface area (TPSA) is 68.4 Å². The summed E-state index contributed by atoms with van der Waals surface area (Å²) >= 11 is 1.12. The molecule has 1 rings (SSSR count). The number of nitrogens with zero attached hydrogens (tertiary/aromatic N) is 3. The first kappa shape index (κ1) is 13.2. The van der Waals surface area contributed by atoms with Gasteiger partial charge in [0.25, 0.3) is 0 Å². The van der Waals surface area contributed by atoms with Crippen LogP contribution in [0.3, 0.4) is 0 Å². The van der Waals surface area contributed by atoms with Crippen molar-refractivity contribution in [3.05, 3.63) is 40.6 Å². The van der Waals surface area contributed by atoms with Crippen molar-refractivity contribution in [2.45, 2.75) is 6.54 Å². The second kappa shape index (κ2) is 6.00. The Hall–Kier alpha value is -1.89. The van der Waals surface area contributed by atoms with Crippen LogP contribution in [0.25, 0.3) is 0 Å². The van der Waals surface area contributed by atoms with E-state index in [1.165, 1.54) is 8.52 Å². The lowest BCUT2D eigenvalue weighted by atomic mass is 10.6. The molecule has 0 radical (unpaired) electrons. The number of allylic oxidation sites excluding steroid dienone is 1. The molecule has 1 N–H and O–H groups in total. The van der Waals surface area contributed by atoms with Gasteiger partial charge in [0.15, 0.2) is 0 Å². The van der Waals surface area contributed by atoms with E-state index in [4.69, 9.17) is 0 Å². The number of carbonyl (C=O) groups is 1. The zero-order valence-electron chi connectivity index (χ0n) is 9.55. The van der Waals surface area contributed by atoms with Crippen molar-refractivity contribution in [2.24, 2.45) is 12.0 Å². The molecule has 0 saturated heterocycles. The van der Waals surface area contributed by atoms with Gasteiger partial charge in [0.2, 0.25) is 4.80 Å². The quantitative estimate of drug-likeness (QED) is 0.782. The Morgan fingerprint density at radius 3 is 2.82 bits per heavy atom. The average molecular weight is 254 g/mol. The minimum absolute atomic E-state index is 0.217. The van der Waals surface area contributed by atoms with Crippen LogP contribution in [0.2, 0.25) is 0 Å². The van der Waals surface area contributed by atoms with Crippen LogP contribution in [0.15, 0.2) is 35.1 Å². The van der Waals surface area contributed by atoms with E-state index in [-0.39, 0.29) is 5.69 Å². The summed E-state index contributed by atoms with van der Waals surface area (Å²) in [7, 11) is 1.57. The minimum Gasteiger partial charge on any atom is -0.333 e. The largest absolute Gasteiger partial charge is 0.343 e. The normalized spacial score (nSPS) is 11.2. The molecular weight excluding hydrogens is 240 g/mol. The van der Waals surface area contributed by atoms with E-state index in [0.717, 1.165) is 11.5 Å². The summed E-state index contributed by atoms with van der Waals surface area (Å²) in [6.45, 7) is 7.78. The van der Waals surface area contributed by atoms with Crippen molar-refractivity contribution in [3.8, 4) is 0 Å². The number of carbonyl (C=O) groups excluding carboxylic acids is 1. The molecule has 0 aliphatic heterocycles. The molecule has 2 amide bonds. The third-order valence-electron chi connectivity index (χ3n) is 1.87. The monoisotopic (exact) mass is 254 g/mol. The molecule has 0 aliphatic rings. The fourth-order valence-corrected chi connectivity index (χ4v) is 1.96. The van der Waals surface area contributed by atoms with Crippen LogP contribution < -0.4 is 15.8 Å². The lowest BCUT2D eigenvalue weighted by Crippen LogP contribution is -2.28. The molecule has 0 aliphatic carbocycles. The maximum absolute atomic E-state index is 11.7. The standard InChI is InChI=1S/C10H14N4O2S/c1-4-6-11-8(15)12-9-13(3)10(16)14(17-9)7-5-2/h4-5H,1-2,6-7H2,3H3,(H,11,15)/b12-9-. The van der Waals surface area contributed by atoms with E-state index in [9.17, 15) is 9.59 Å². The average Bonchev–Trinajstić information content (AvgIpc) is 2.56. The Balaban J connectivity index is 3.05. The Morgan fingerprint density at radius 2 is 2.24 bits per heavy atom. The SMILES string of the molecule is C=CCNC(=O)/N=c1\sn(CC=C)c(=O)n1C. The van der Waals surface area contributed by atoms with E-state index < -0.39 is 6.03 Å². The Morgan fingerprint density at radius 1 is 1.53 bits per heavy atom. The Bertz CT molecular complexity index is 549. The molecule has 1 aromatic rings. The van der Waals surface area contributed by atoms with Crippen molar-refractivity contribution >= 4 is 17.6 Å². The first-order chi connectivity index (χ1) is 8.10. The van der Waals surface area contributed by atoms with Gasteiger partial charge in [-0.05, 0) is 11.5 Å². The second-order valence-corrected chi connectivity index (χ2v) is 4.14. The molecule has 92 valence electrons. The fourth-order valence-electron chi connectivity index (χ4n) is 1.06. The molecule has 6 nitrogen and oxygen atoms in total. The summed E-state index contributed by atoms with van der Waals surface area (Å²) in [5, 5.41) is 2.51. The van der Waals surface area contributed by atoms with Gasteiger partial charge in [-0.25, -0.2) is 13.5 Å². The summed E-state index contributed by atoms with van der Waals surface area (Å²) in [6, 6.07) is -0.493. The zero-order valence-corrected chi connectivity index (χ0v) is 10.4. The first-order valence-electron chi connectivity index (χ1n) is 4.91. The molecule has 0 spiro atoms. The van der Waals surface area contributed by atoms with Gasteiger partial charge in [0.05, 0.1) is 6.54 Å². The lowest BCUT2D eigenvalue weighted by molar-refractivity contribution is 0.249. The van der Waals surface area contributed by atoms with Gasteiger partial charge in [-0.3, -0.25) is 4.57 Å². The summed E-state index contributed by atoms with van der Waals surface area (Å²) < 4.78 is 2.79. The third kappa shape index (κ3) is 3.28. The molecule has 0 fully saturated rings. The molecule has 7 heteroatoms. The highest BCUT2D eigenvalue weighted by atomic mass is 32.1. The number of urea groups is 1. The van der Waals surface area contributed by atoms with Gasteiger partial charge in [0.1, 0.15) is 0 Å². The van der Waals surface area contributed by atoms with Crippen LogP contribution in [0.5, 0.6) is 0 Å². The molecule has 0 bridgehead atoms. The van der Waals surface area contributed by atoms with Crippen molar-refractivity contribution in [1.29, 1.82) is 0 Å². The van der Waals surface area contributed by atoms with Gasteiger partial charge in [-0.15, -0.1) is 13.2 Å². The number of rotatable bonds is 4. The second-order valence-electron chi connectivity index (χ2n) is 3.15. The van der Waals surface area contributed by atoms with E-state index in [1.807, 2.05) is 0 Å². The van der Waals surface area contributed by atoms with E-state index >= 15 is 0 Å². The smallest absolute Gasteiger partial charge is 0.333 e. The minimum atomic E-state index is -0.493. The fraction of sp³-hybridized carbons (Fsp3) is 0.300. The molecule has 0 unspecified atom stereocenters. The molecule has 1 heterocycles. The maximum Gasteiger partial charge on any atom is 0.343 e. The Labute approximate surface area is 102 Å². The molecule has 0 saturated carbocycles.